The molecular weight excluding hydrogens is 285 g/mol. The number of allylic oxidation sites excluding steroid dienone is 1. The van der Waals surface area contributed by atoms with Gasteiger partial charge >= 0.3 is 5.97 Å². The smallest absolute Gasteiger partial charge is 0.333 e. The van der Waals surface area contributed by atoms with E-state index in [1.807, 2.05) is 0 Å². The number of fused-ring (bicyclic) bond motifs is 1. The summed E-state index contributed by atoms with van der Waals surface area (Å²) in [5.41, 5.74) is -0.0487. The minimum Gasteiger partial charge on any atom is -0.478 e. The van der Waals surface area contributed by atoms with Crippen molar-refractivity contribution in [2.24, 2.45) is 9.98 Å². The molecule has 106 valence electrons. The SMILES string of the molecule is [2H]c1c(F)cc(C2=NC3=NC=C(C(=O)O)CC3=C2)c(F)c1F. The number of halogens is 3. The molecule has 1 N–H and O–H groups in total. The number of carboxylic acids is 1. The highest BCUT2D eigenvalue weighted by Gasteiger charge is 2.25. The van der Waals surface area contributed by atoms with E-state index in [0.29, 0.717) is 11.6 Å². The molecule has 0 saturated heterocycles. The highest BCUT2D eigenvalue weighted by Crippen LogP contribution is 2.26. The molecule has 2 aliphatic heterocycles. The highest BCUT2D eigenvalue weighted by atomic mass is 19.2. The first-order valence-corrected chi connectivity index (χ1v) is 5.82. The Morgan fingerprint density at radius 2 is 2.14 bits per heavy atom. The molecule has 2 heterocycles. The van der Waals surface area contributed by atoms with Crippen LogP contribution in [0.4, 0.5) is 13.2 Å². The molecule has 2 aliphatic rings. The Bertz CT molecular complexity index is 841. The second-order valence-corrected chi connectivity index (χ2v) is 4.41. The number of carboxylic acid groups (broad SMARTS) is 1. The Morgan fingerprint density at radius 1 is 1.38 bits per heavy atom. The Hall–Kier alpha value is -2.70. The first kappa shape index (κ1) is 12.1. The lowest BCUT2D eigenvalue weighted by atomic mass is 10.0. The lowest BCUT2D eigenvalue weighted by molar-refractivity contribution is -0.132. The van der Waals surface area contributed by atoms with Crippen LogP contribution in [-0.4, -0.2) is 22.6 Å². The van der Waals surface area contributed by atoms with Crippen LogP contribution in [0.5, 0.6) is 0 Å². The largest absolute Gasteiger partial charge is 0.478 e. The van der Waals surface area contributed by atoms with Crippen molar-refractivity contribution in [2.75, 3.05) is 0 Å². The van der Waals surface area contributed by atoms with Gasteiger partial charge in [0.05, 0.1) is 12.7 Å². The van der Waals surface area contributed by atoms with E-state index in [0.717, 1.165) is 6.20 Å². The van der Waals surface area contributed by atoms with Crippen molar-refractivity contribution < 1.29 is 24.4 Å². The number of nitrogens with zero attached hydrogens (tertiary/aromatic N) is 2. The van der Waals surface area contributed by atoms with Crippen LogP contribution in [0.3, 0.4) is 0 Å². The van der Waals surface area contributed by atoms with Crippen LogP contribution in [0.25, 0.3) is 0 Å². The third-order valence-electron chi connectivity index (χ3n) is 3.03. The van der Waals surface area contributed by atoms with Crippen molar-refractivity contribution in [1.82, 2.24) is 0 Å². The maximum Gasteiger partial charge on any atom is 0.333 e. The summed E-state index contributed by atoms with van der Waals surface area (Å²) in [5.74, 6) is -5.16. The first-order valence-electron chi connectivity index (χ1n) is 6.32. The molecule has 1 aromatic carbocycles. The molecule has 3 rings (SSSR count). The van der Waals surface area contributed by atoms with Gasteiger partial charge in [-0.15, -0.1) is 0 Å². The second kappa shape index (κ2) is 4.69. The van der Waals surface area contributed by atoms with Gasteiger partial charge in [0, 0.05) is 29.8 Å². The summed E-state index contributed by atoms with van der Waals surface area (Å²) in [6, 6.07) is -0.475. The summed E-state index contributed by atoms with van der Waals surface area (Å²) >= 11 is 0. The van der Waals surface area contributed by atoms with E-state index in [1.54, 1.807) is 0 Å². The van der Waals surface area contributed by atoms with Gasteiger partial charge in [-0.2, -0.15) is 0 Å². The van der Waals surface area contributed by atoms with Crippen molar-refractivity contribution in [3.8, 4) is 0 Å². The molecule has 1 aromatic rings. The van der Waals surface area contributed by atoms with Crippen LogP contribution in [0.1, 0.15) is 13.4 Å². The topological polar surface area (TPSA) is 62.0 Å². The van der Waals surface area contributed by atoms with Crippen molar-refractivity contribution >= 4 is 17.5 Å². The van der Waals surface area contributed by atoms with Gasteiger partial charge in [0.15, 0.2) is 17.5 Å². The molecule has 0 unspecified atom stereocenters. The van der Waals surface area contributed by atoms with Gasteiger partial charge in [-0.1, -0.05) is 0 Å². The highest BCUT2D eigenvalue weighted by molar-refractivity contribution is 6.25. The Labute approximate surface area is 118 Å². The number of aliphatic imine (C=N–C) groups is 2. The number of aliphatic carboxylic acids is 1. The van der Waals surface area contributed by atoms with Crippen LogP contribution < -0.4 is 0 Å². The number of hydrogen-bond donors (Lipinski definition) is 1. The molecule has 0 aliphatic carbocycles. The third-order valence-corrected chi connectivity index (χ3v) is 3.03. The van der Waals surface area contributed by atoms with Crippen molar-refractivity contribution in [2.45, 2.75) is 6.42 Å². The van der Waals surface area contributed by atoms with Gasteiger partial charge < -0.3 is 5.11 Å². The fraction of sp³-hybridized carbons (Fsp3) is 0.0714. The Morgan fingerprint density at radius 3 is 2.86 bits per heavy atom. The zero-order chi connectivity index (χ0) is 16.0. The molecule has 0 amide bonds. The van der Waals surface area contributed by atoms with Gasteiger partial charge in [0.25, 0.3) is 0 Å². The van der Waals surface area contributed by atoms with Gasteiger partial charge in [-0.25, -0.2) is 28.0 Å². The average Bonchev–Trinajstić information content (AvgIpc) is 2.91. The molecule has 7 heteroatoms. The zero-order valence-corrected chi connectivity index (χ0v) is 10.3. The summed E-state index contributed by atoms with van der Waals surface area (Å²) in [4.78, 5) is 18.7. The van der Waals surface area contributed by atoms with E-state index >= 15 is 0 Å². The monoisotopic (exact) mass is 293 g/mol. The lowest BCUT2D eigenvalue weighted by Gasteiger charge is -2.07. The van der Waals surface area contributed by atoms with Crippen LogP contribution >= 0.6 is 0 Å². The molecule has 0 radical (unpaired) electrons. The van der Waals surface area contributed by atoms with Crippen LogP contribution in [-0.2, 0) is 4.79 Å². The molecule has 0 saturated carbocycles. The molecular formula is C14H7F3N2O2. The predicted octanol–water partition coefficient (Wildman–Crippen LogP) is 2.60. The van der Waals surface area contributed by atoms with Crippen LogP contribution in [0.15, 0.2) is 45.5 Å². The average molecular weight is 293 g/mol. The summed E-state index contributed by atoms with van der Waals surface area (Å²) in [7, 11) is 0. The normalized spacial score (nSPS) is 17.4. The third kappa shape index (κ3) is 2.26. The predicted molar refractivity (Wildman–Crippen MR) is 68.7 cm³/mol. The Balaban J connectivity index is 2.04. The summed E-state index contributed by atoms with van der Waals surface area (Å²) in [5, 5.41) is 8.91. The maximum atomic E-state index is 13.9. The number of benzene rings is 1. The maximum absolute atomic E-state index is 13.9. The van der Waals surface area contributed by atoms with E-state index < -0.39 is 35.0 Å². The van der Waals surface area contributed by atoms with Crippen molar-refractivity contribution in [3.05, 3.63) is 58.5 Å². The number of amidine groups is 1. The molecule has 0 fully saturated rings. The number of rotatable bonds is 2. The van der Waals surface area contributed by atoms with Gasteiger partial charge in [-0.3, -0.25) is 0 Å². The molecule has 21 heavy (non-hydrogen) atoms. The summed E-state index contributed by atoms with van der Waals surface area (Å²) < 4.78 is 47.8. The Kier molecular flexibility index (Phi) is 2.70. The molecule has 0 bridgehead atoms. The van der Waals surface area contributed by atoms with E-state index in [4.69, 9.17) is 6.48 Å². The van der Waals surface area contributed by atoms with E-state index in [9.17, 15) is 18.0 Å². The number of hydrogen-bond acceptors (Lipinski definition) is 3. The molecule has 0 spiro atoms. The minimum atomic E-state index is -1.60. The summed E-state index contributed by atoms with van der Waals surface area (Å²) in [6.07, 6.45) is 2.49. The van der Waals surface area contributed by atoms with Gasteiger partial charge in [-0.05, 0) is 12.1 Å². The second-order valence-electron chi connectivity index (χ2n) is 4.41. The van der Waals surface area contributed by atoms with E-state index in [-0.39, 0.29) is 23.5 Å². The first-order chi connectivity index (χ1) is 10.4. The van der Waals surface area contributed by atoms with E-state index in [1.165, 1.54) is 6.08 Å². The fourth-order valence-electron chi connectivity index (χ4n) is 2.04. The molecule has 0 aromatic heterocycles. The summed E-state index contributed by atoms with van der Waals surface area (Å²) in [6.45, 7) is 0. The lowest BCUT2D eigenvalue weighted by Crippen LogP contribution is -2.08. The van der Waals surface area contributed by atoms with E-state index in [2.05, 4.69) is 9.98 Å². The van der Waals surface area contributed by atoms with Gasteiger partial charge in [0.1, 0.15) is 5.82 Å². The minimum absolute atomic E-state index is 0.0320. The number of carbonyl (C=O) groups is 1. The zero-order valence-electron chi connectivity index (χ0n) is 11.3. The standard InChI is InChI=1S/C14H7F3N2O2/c15-8-3-9(12(17)10(16)4-8)11-2-6-1-7(14(20)21)5-18-13(6)19-11/h2-5H,1H2,(H,20,21)/i4D. The van der Waals surface area contributed by atoms with Crippen LogP contribution in [0, 0.1) is 17.5 Å². The van der Waals surface area contributed by atoms with Crippen molar-refractivity contribution in [1.29, 1.82) is 0 Å². The molecule has 0 atom stereocenters. The quantitative estimate of drug-likeness (QED) is 0.852. The van der Waals surface area contributed by atoms with Crippen LogP contribution in [0.2, 0.25) is 0 Å². The molecule has 4 nitrogen and oxygen atoms in total. The van der Waals surface area contributed by atoms with Crippen molar-refractivity contribution in [3.63, 3.8) is 0 Å². The van der Waals surface area contributed by atoms with Gasteiger partial charge in [0.2, 0.25) is 0 Å². The fourth-order valence-corrected chi connectivity index (χ4v) is 2.04.